The molecule has 0 saturated carbocycles. The highest BCUT2D eigenvalue weighted by atomic mass is 15.0. The van der Waals surface area contributed by atoms with Gasteiger partial charge in [0.1, 0.15) is 11.6 Å². The van der Waals surface area contributed by atoms with Crippen molar-refractivity contribution in [2.24, 2.45) is 0 Å². The molecule has 0 aliphatic heterocycles. The first-order valence-electron chi connectivity index (χ1n) is 10.5. The summed E-state index contributed by atoms with van der Waals surface area (Å²) in [5.74, 6) is 1.54. The molecule has 3 heterocycles. The maximum absolute atomic E-state index is 5.42. The van der Waals surface area contributed by atoms with E-state index in [2.05, 4.69) is 61.0 Å². The van der Waals surface area contributed by atoms with Crippen molar-refractivity contribution in [3.63, 3.8) is 0 Å². The van der Waals surface area contributed by atoms with Crippen LogP contribution < -0.4 is 11.1 Å². The van der Waals surface area contributed by atoms with Crippen molar-refractivity contribution in [2.75, 3.05) is 11.1 Å². The molecule has 0 amide bonds. The summed E-state index contributed by atoms with van der Waals surface area (Å²) in [4.78, 5) is 12.6. The maximum Gasteiger partial charge on any atom is 0.126 e. The lowest BCUT2D eigenvalue weighted by molar-refractivity contribution is 0.630. The van der Waals surface area contributed by atoms with Crippen molar-refractivity contribution in [1.29, 1.82) is 0 Å². The van der Waals surface area contributed by atoms with Crippen LogP contribution in [0.2, 0.25) is 0 Å². The molecule has 0 aliphatic carbocycles. The van der Waals surface area contributed by atoms with Crippen molar-refractivity contribution in [2.45, 2.75) is 66.8 Å². The average Bonchev–Trinajstić information content (AvgIpc) is 2.70. The minimum Gasteiger partial charge on any atom is -0.384 e. The van der Waals surface area contributed by atoms with Crippen LogP contribution in [0.15, 0.2) is 54.7 Å². The predicted molar refractivity (Wildman–Crippen MR) is 129 cm³/mol. The lowest BCUT2D eigenvalue weighted by Crippen LogP contribution is -2.26. The number of hydrogen-bond acceptors (Lipinski definition) is 5. The number of nitrogens with two attached hydrogens (primary N) is 1. The second kappa shape index (κ2) is 12.6. The van der Waals surface area contributed by atoms with E-state index in [-0.39, 0.29) is 5.54 Å². The molecule has 3 aromatic rings. The third kappa shape index (κ3) is 11.1. The molecular formula is C25H37N5. The average molecular weight is 408 g/mol. The molecule has 0 unspecified atom stereocenters. The summed E-state index contributed by atoms with van der Waals surface area (Å²) >= 11 is 0. The van der Waals surface area contributed by atoms with Gasteiger partial charge in [-0.15, -0.1) is 0 Å². The summed E-state index contributed by atoms with van der Waals surface area (Å²) in [6, 6.07) is 15.8. The maximum atomic E-state index is 5.42. The summed E-state index contributed by atoms with van der Waals surface area (Å²) in [5, 5.41) is 3.30. The Kier molecular flexibility index (Phi) is 10.5. The minimum atomic E-state index is 0.0856. The first-order chi connectivity index (χ1) is 14.1. The van der Waals surface area contributed by atoms with Gasteiger partial charge in [-0.05, 0) is 83.4 Å². The molecule has 0 atom stereocenters. The van der Waals surface area contributed by atoms with Crippen LogP contribution in [-0.2, 0) is 12.8 Å². The zero-order chi connectivity index (χ0) is 22.6. The van der Waals surface area contributed by atoms with Gasteiger partial charge in [-0.1, -0.05) is 32.0 Å². The van der Waals surface area contributed by atoms with Gasteiger partial charge in [0.2, 0.25) is 0 Å². The van der Waals surface area contributed by atoms with Crippen molar-refractivity contribution >= 4 is 11.6 Å². The zero-order valence-electron chi connectivity index (χ0n) is 19.5. The predicted octanol–water partition coefficient (Wildman–Crippen LogP) is 5.78. The van der Waals surface area contributed by atoms with Crippen molar-refractivity contribution < 1.29 is 0 Å². The van der Waals surface area contributed by atoms with Crippen LogP contribution in [-0.4, -0.2) is 20.5 Å². The van der Waals surface area contributed by atoms with Gasteiger partial charge in [-0.2, -0.15) is 0 Å². The van der Waals surface area contributed by atoms with Gasteiger partial charge in [-0.3, -0.25) is 4.98 Å². The molecule has 0 aromatic carbocycles. The Morgan fingerprint density at radius 1 is 0.833 bits per heavy atom. The number of hydrogen-bond donors (Lipinski definition) is 2. The van der Waals surface area contributed by atoms with E-state index in [9.17, 15) is 0 Å². The fourth-order valence-corrected chi connectivity index (χ4v) is 2.42. The zero-order valence-corrected chi connectivity index (χ0v) is 19.5. The summed E-state index contributed by atoms with van der Waals surface area (Å²) in [6.45, 7) is 14.6. The van der Waals surface area contributed by atoms with E-state index in [0.717, 1.165) is 30.0 Å². The number of rotatable bonds is 3. The number of aryl methyl sites for hydroxylation is 4. The Labute approximate surface area is 182 Å². The van der Waals surface area contributed by atoms with Crippen molar-refractivity contribution in [3.8, 4) is 0 Å². The van der Waals surface area contributed by atoms with Crippen LogP contribution in [0.3, 0.4) is 0 Å². The first kappa shape index (κ1) is 25.1. The van der Waals surface area contributed by atoms with Crippen molar-refractivity contribution in [3.05, 3.63) is 77.4 Å². The molecule has 5 nitrogen and oxygen atoms in total. The molecule has 0 fully saturated rings. The van der Waals surface area contributed by atoms with Gasteiger partial charge in [0, 0.05) is 28.8 Å². The molecule has 3 aromatic heterocycles. The second-order valence-electron chi connectivity index (χ2n) is 8.13. The topological polar surface area (TPSA) is 76.7 Å². The molecule has 3 N–H and O–H groups in total. The van der Waals surface area contributed by atoms with E-state index < -0.39 is 0 Å². The van der Waals surface area contributed by atoms with Crippen LogP contribution in [0.4, 0.5) is 11.6 Å². The first-order valence-corrected chi connectivity index (χ1v) is 10.5. The number of pyridine rings is 3. The quantitative estimate of drug-likeness (QED) is 0.575. The van der Waals surface area contributed by atoms with E-state index in [0.29, 0.717) is 5.82 Å². The van der Waals surface area contributed by atoms with E-state index in [4.69, 9.17) is 5.73 Å². The molecule has 0 spiro atoms. The van der Waals surface area contributed by atoms with Crippen LogP contribution in [0, 0.1) is 13.8 Å². The molecule has 162 valence electrons. The highest BCUT2D eigenvalue weighted by Crippen LogP contribution is 2.11. The highest BCUT2D eigenvalue weighted by molar-refractivity contribution is 5.37. The van der Waals surface area contributed by atoms with Gasteiger partial charge in [0.05, 0.1) is 0 Å². The molecule has 3 rings (SSSR count). The van der Waals surface area contributed by atoms with E-state index >= 15 is 0 Å². The van der Waals surface area contributed by atoms with E-state index in [1.807, 2.05) is 56.4 Å². The third-order valence-corrected chi connectivity index (χ3v) is 3.91. The number of aromatic nitrogens is 3. The summed E-state index contributed by atoms with van der Waals surface area (Å²) in [7, 11) is 0. The highest BCUT2D eigenvalue weighted by Gasteiger charge is 2.08. The fourth-order valence-electron chi connectivity index (χ4n) is 2.42. The second-order valence-corrected chi connectivity index (χ2v) is 8.13. The third-order valence-electron chi connectivity index (χ3n) is 3.91. The number of nitrogens with one attached hydrogen (secondary N) is 1. The Hall–Kier alpha value is -2.95. The normalized spacial score (nSPS) is 10.2. The molecular weight excluding hydrogens is 370 g/mol. The minimum absolute atomic E-state index is 0.0856. The lowest BCUT2D eigenvalue weighted by Gasteiger charge is -2.21. The summed E-state index contributed by atoms with van der Waals surface area (Å²) in [6.07, 6.45) is 3.85. The molecule has 30 heavy (non-hydrogen) atoms. The Bertz CT molecular complexity index is 822. The van der Waals surface area contributed by atoms with Crippen LogP contribution in [0.5, 0.6) is 0 Å². The largest absolute Gasteiger partial charge is 0.384 e. The fraction of sp³-hybridized carbons (Fsp3) is 0.400. The molecule has 0 bridgehead atoms. The van der Waals surface area contributed by atoms with Crippen molar-refractivity contribution in [1.82, 2.24) is 15.0 Å². The Balaban J connectivity index is 0.000000229. The molecule has 0 radical (unpaired) electrons. The van der Waals surface area contributed by atoms with E-state index in [1.165, 1.54) is 11.3 Å². The summed E-state index contributed by atoms with van der Waals surface area (Å²) < 4.78 is 0. The number of nitrogen functional groups attached to an aromatic ring is 1. The van der Waals surface area contributed by atoms with Gasteiger partial charge >= 0.3 is 0 Å². The smallest absolute Gasteiger partial charge is 0.126 e. The molecule has 0 saturated heterocycles. The number of nitrogens with zero attached hydrogens (tertiary/aromatic N) is 3. The Morgan fingerprint density at radius 2 is 1.43 bits per heavy atom. The van der Waals surface area contributed by atoms with Gasteiger partial charge in [0.25, 0.3) is 0 Å². The van der Waals surface area contributed by atoms with Crippen LogP contribution in [0.25, 0.3) is 0 Å². The van der Waals surface area contributed by atoms with E-state index in [1.54, 1.807) is 6.07 Å². The SMILES string of the molecule is CCc1cccc(C)n1.CCc1cccc(N)n1.Cc1ccc(NC(C)(C)C)nc1. The molecule has 0 aliphatic rings. The standard InChI is InChI=1S/C10H16N2.C8H11N.C7H10N2/c1-8-5-6-9(11-7-8)12-10(2,3)4;1-3-8-6-4-5-7(2)9-8;1-2-6-4-3-5-7(8)9-6/h5-7H,1-4H3,(H,11,12);4-6H,3H2,1-2H3;3-5H,2H2,1H3,(H2,8,9). The van der Waals surface area contributed by atoms with Crippen LogP contribution >= 0.6 is 0 Å². The van der Waals surface area contributed by atoms with Gasteiger partial charge in [-0.25, -0.2) is 9.97 Å². The molecule has 5 heteroatoms. The monoisotopic (exact) mass is 407 g/mol. The Morgan fingerprint density at radius 3 is 1.83 bits per heavy atom. The van der Waals surface area contributed by atoms with Crippen LogP contribution in [0.1, 0.15) is 57.3 Å². The van der Waals surface area contributed by atoms with Gasteiger partial charge < -0.3 is 11.1 Å². The summed E-state index contributed by atoms with van der Waals surface area (Å²) in [5.41, 5.74) is 10.0. The lowest BCUT2D eigenvalue weighted by atomic mass is 10.1. The van der Waals surface area contributed by atoms with Gasteiger partial charge in [0.15, 0.2) is 0 Å². The number of anilines is 2.